The summed E-state index contributed by atoms with van der Waals surface area (Å²) < 4.78 is 31.8. The molecule has 0 aliphatic rings. The maximum absolute atomic E-state index is 13.9. The molecule has 0 atom stereocenters. The highest BCUT2D eigenvalue weighted by atomic mass is 32.2. The molecular formula is C16H15F2N3OS. The lowest BCUT2D eigenvalue weighted by Crippen LogP contribution is -2.06. The summed E-state index contributed by atoms with van der Waals surface area (Å²) in [7, 11) is 1.19. The van der Waals surface area contributed by atoms with Gasteiger partial charge in [0.2, 0.25) is 0 Å². The van der Waals surface area contributed by atoms with Gasteiger partial charge in [0.1, 0.15) is 0 Å². The number of rotatable bonds is 5. The minimum atomic E-state index is -0.832. The third-order valence-electron chi connectivity index (χ3n) is 2.87. The average Bonchev–Trinajstić information content (AvgIpc) is 2.56. The SMILES string of the molecule is COc1c(F)ccc(C=NN=C(N)SCc2ccccc2)c1F. The van der Waals surface area contributed by atoms with E-state index in [1.54, 1.807) is 0 Å². The van der Waals surface area contributed by atoms with Crippen molar-refractivity contribution in [2.24, 2.45) is 15.9 Å². The van der Waals surface area contributed by atoms with Crippen molar-refractivity contribution in [3.8, 4) is 5.75 Å². The zero-order chi connectivity index (χ0) is 16.7. The van der Waals surface area contributed by atoms with Crippen LogP contribution < -0.4 is 10.5 Å². The van der Waals surface area contributed by atoms with Gasteiger partial charge in [-0.1, -0.05) is 42.1 Å². The van der Waals surface area contributed by atoms with E-state index in [1.165, 1.54) is 24.9 Å². The zero-order valence-corrected chi connectivity index (χ0v) is 13.2. The number of hydrogen-bond donors (Lipinski definition) is 1. The van der Waals surface area contributed by atoms with E-state index in [-0.39, 0.29) is 10.7 Å². The van der Waals surface area contributed by atoms with Gasteiger partial charge in [-0.3, -0.25) is 0 Å². The summed E-state index contributed by atoms with van der Waals surface area (Å²) in [4.78, 5) is 0. The summed E-state index contributed by atoms with van der Waals surface area (Å²) in [6.45, 7) is 0. The molecule has 7 heteroatoms. The summed E-state index contributed by atoms with van der Waals surface area (Å²) in [5.74, 6) is -1.40. The van der Waals surface area contributed by atoms with Crippen molar-refractivity contribution >= 4 is 23.1 Å². The highest BCUT2D eigenvalue weighted by Gasteiger charge is 2.12. The van der Waals surface area contributed by atoms with E-state index < -0.39 is 17.4 Å². The van der Waals surface area contributed by atoms with Crippen molar-refractivity contribution in [1.82, 2.24) is 0 Å². The van der Waals surface area contributed by atoms with Crippen LogP contribution in [0.25, 0.3) is 0 Å². The van der Waals surface area contributed by atoms with Crippen LogP contribution in [0.2, 0.25) is 0 Å². The normalized spacial score (nSPS) is 11.9. The molecule has 0 bridgehead atoms. The molecule has 2 rings (SSSR count). The van der Waals surface area contributed by atoms with Gasteiger partial charge in [-0.25, -0.2) is 8.78 Å². The van der Waals surface area contributed by atoms with E-state index in [4.69, 9.17) is 5.73 Å². The lowest BCUT2D eigenvalue weighted by Gasteiger charge is -2.04. The van der Waals surface area contributed by atoms with Crippen molar-refractivity contribution in [3.05, 3.63) is 65.2 Å². The van der Waals surface area contributed by atoms with E-state index in [1.807, 2.05) is 30.3 Å². The summed E-state index contributed by atoms with van der Waals surface area (Å²) in [5.41, 5.74) is 6.89. The van der Waals surface area contributed by atoms with E-state index >= 15 is 0 Å². The summed E-state index contributed by atoms with van der Waals surface area (Å²) in [5, 5.41) is 7.75. The topological polar surface area (TPSA) is 60.0 Å². The van der Waals surface area contributed by atoms with Crippen LogP contribution in [0.1, 0.15) is 11.1 Å². The zero-order valence-electron chi connectivity index (χ0n) is 12.4. The van der Waals surface area contributed by atoms with Gasteiger partial charge < -0.3 is 10.5 Å². The maximum atomic E-state index is 13.9. The molecule has 2 aromatic carbocycles. The molecular weight excluding hydrogens is 320 g/mol. The minimum absolute atomic E-state index is 0.0628. The quantitative estimate of drug-likeness (QED) is 0.516. The smallest absolute Gasteiger partial charge is 0.191 e. The van der Waals surface area contributed by atoms with E-state index in [9.17, 15) is 8.78 Å². The van der Waals surface area contributed by atoms with Crippen molar-refractivity contribution < 1.29 is 13.5 Å². The third kappa shape index (κ3) is 4.79. The first-order chi connectivity index (χ1) is 11.1. The van der Waals surface area contributed by atoms with Crippen LogP contribution in [0.4, 0.5) is 8.78 Å². The average molecular weight is 335 g/mol. The Kier molecular flexibility index (Phi) is 6.10. The van der Waals surface area contributed by atoms with Crippen molar-refractivity contribution in [1.29, 1.82) is 0 Å². The molecule has 0 aliphatic heterocycles. The number of methoxy groups -OCH3 is 1. The Morgan fingerprint density at radius 1 is 1.22 bits per heavy atom. The Labute approximate surface area is 137 Å². The fourth-order valence-electron chi connectivity index (χ4n) is 1.74. The Hall–Kier alpha value is -2.41. The van der Waals surface area contributed by atoms with E-state index in [2.05, 4.69) is 14.9 Å². The van der Waals surface area contributed by atoms with E-state index in [0.717, 1.165) is 17.8 Å². The van der Waals surface area contributed by atoms with Crippen LogP contribution in [0.5, 0.6) is 5.75 Å². The van der Waals surface area contributed by atoms with Gasteiger partial charge in [0.25, 0.3) is 0 Å². The number of hydrogen-bond acceptors (Lipinski definition) is 4. The molecule has 2 aromatic rings. The highest BCUT2D eigenvalue weighted by molar-refractivity contribution is 8.13. The lowest BCUT2D eigenvalue weighted by atomic mass is 10.2. The molecule has 0 spiro atoms. The van der Waals surface area contributed by atoms with Crippen molar-refractivity contribution in [2.45, 2.75) is 5.75 Å². The molecule has 0 heterocycles. The summed E-state index contributed by atoms with van der Waals surface area (Å²) in [6, 6.07) is 12.1. The Bertz CT molecular complexity index is 721. The molecule has 0 aliphatic carbocycles. The highest BCUT2D eigenvalue weighted by Crippen LogP contribution is 2.23. The molecule has 0 fully saturated rings. The van der Waals surface area contributed by atoms with Gasteiger partial charge in [-0.2, -0.15) is 5.10 Å². The van der Waals surface area contributed by atoms with Crippen molar-refractivity contribution in [2.75, 3.05) is 7.11 Å². The van der Waals surface area contributed by atoms with Crippen LogP contribution in [-0.2, 0) is 5.75 Å². The number of nitrogens with two attached hydrogens (primary N) is 1. The monoisotopic (exact) mass is 335 g/mol. The van der Waals surface area contributed by atoms with Gasteiger partial charge in [0, 0.05) is 11.3 Å². The Morgan fingerprint density at radius 3 is 2.65 bits per heavy atom. The maximum Gasteiger partial charge on any atom is 0.191 e. The van der Waals surface area contributed by atoms with Gasteiger partial charge in [0.05, 0.1) is 13.3 Å². The number of amidine groups is 1. The third-order valence-corrected chi connectivity index (χ3v) is 3.72. The Balaban J connectivity index is 2.00. The van der Waals surface area contributed by atoms with Crippen LogP contribution in [-0.4, -0.2) is 18.5 Å². The first-order valence-corrected chi connectivity index (χ1v) is 7.65. The molecule has 0 aromatic heterocycles. The molecule has 4 nitrogen and oxygen atoms in total. The van der Waals surface area contributed by atoms with Crippen LogP contribution in [0.3, 0.4) is 0 Å². The van der Waals surface area contributed by atoms with Gasteiger partial charge in [0.15, 0.2) is 22.6 Å². The molecule has 2 N–H and O–H groups in total. The van der Waals surface area contributed by atoms with E-state index in [0.29, 0.717) is 5.75 Å². The molecule has 0 radical (unpaired) electrons. The predicted molar refractivity (Wildman–Crippen MR) is 89.9 cm³/mol. The van der Waals surface area contributed by atoms with Crippen LogP contribution in [0.15, 0.2) is 52.7 Å². The second kappa shape index (κ2) is 8.28. The molecule has 23 heavy (non-hydrogen) atoms. The largest absolute Gasteiger partial charge is 0.491 e. The minimum Gasteiger partial charge on any atom is -0.491 e. The second-order valence-electron chi connectivity index (χ2n) is 4.44. The summed E-state index contributed by atoms with van der Waals surface area (Å²) >= 11 is 1.31. The van der Waals surface area contributed by atoms with Gasteiger partial charge in [-0.05, 0) is 17.7 Å². The number of benzene rings is 2. The number of halogens is 2. The molecule has 0 saturated heterocycles. The van der Waals surface area contributed by atoms with Crippen LogP contribution >= 0.6 is 11.8 Å². The fraction of sp³-hybridized carbons (Fsp3) is 0.125. The first kappa shape index (κ1) is 17.0. The van der Waals surface area contributed by atoms with Crippen LogP contribution in [0, 0.1) is 11.6 Å². The standard InChI is InChI=1S/C16H15F2N3OS/c1-22-15-13(17)8-7-12(14(15)18)9-20-21-16(19)23-10-11-5-3-2-4-6-11/h2-9H,10H2,1H3,(H2,19,21). The second-order valence-corrected chi connectivity index (χ2v) is 5.44. The molecule has 0 amide bonds. The first-order valence-electron chi connectivity index (χ1n) is 6.67. The molecule has 0 unspecified atom stereocenters. The van der Waals surface area contributed by atoms with Gasteiger partial charge in [-0.15, -0.1) is 5.10 Å². The molecule has 0 saturated carbocycles. The van der Waals surface area contributed by atoms with Gasteiger partial charge >= 0.3 is 0 Å². The summed E-state index contributed by atoms with van der Waals surface area (Å²) in [6.07, 6.45) is 1.16. The fourth-order valence-corrected chi connectivity index (χ4v) is 2.35. The number of nitrogens with zero attached hydrogens (tertiary/aromatic N) is 2. The lowest BCUT2D eigenvalue weighted by molar-refractivity contribution is 0.359. The predicted octanol–water partition coefficient (Wildman–Crippen LogP) is 3.56. The van der Waals surface area contributed by atoms with Crippen molar-refractivity contribution in [3.63, 3.8) is 0 Å². The number of thioether (sulfide) groups is 1. The Morgan fingerprint density at radius 2 is 1.96 bits per heavy atom. The molecule has 120 valence electrons. The number of ether oxygens (including phenoxy) is 1.